The molecule has 0 bridgehead atoms. The molecule has 2 aromatic carbocycles. The second-order valence-corrected chi connectivity index (χ2v) is 12.4. The number of nitrogens with zero attached hydrogens (tertiary/aromatic N) is 3. The molecule has 1 aromatic heterocycles. The molecule has 3 aromatic rings. The molecule has 5 rings (SSSR count). The zero-order chi connectivity index (χ0) is 32.1. The summed E-state index contributed by atoms with van der Waals surface area (Å²) in [6.45, 7) is -1.53. The third kappa shape index (κ3) is 8.62. The molecule has 1 amide bonds. The van der Waals surface area contributed by atoms with Crippen molar-refractivity contribution >= 4 is 35.1 Å². The number of esters is 1. The summed E-state index contributed by atoms with van der Waals surface area (Å²) in [5.41, 5.74) is 2.52. The first-order valence-electron chi connectivity index (χ1n) is 14.8. The van der Waals surface area contributed by atoms with Gasteiger partial charge in [-0.3, -0.25) is 19.5 Å². The number of alkyl halides is 2. The summed E-state index contributed by atoms with van der Waals surface area (Å²) in [6, 6.07) is 11.4. The monoisotopic (exact) mass is 661 g/mol. The van der Waals surface area contributed by atoms with Crippen molar-refractivity contribution in [2.45, 2.75) is 57.4 Å². The number of benzene rings is 2. The highest BCUT2D eigenvalue weighted by Gasteiger charge is 2.34. The molecule has 45 heavy (non-hydrogen) atoms. The fraction of sp³-hybridized carbons (Fsp3) is 0.424. The van der Waals surface area contributed by atoms with Crippen molar-refractivity contribution in [2.24, 2.45) is 5.92 Å². The Labute approximate surface area is 271 Å². The molecule has 240 valence electrons. The largest absolute Gasteiger partial charge is 0.489 e. The van der Waals surface area contributed by atoms with E-state index in [1.165, 1.54) is 23.4 Å². The van der Waals surface area contributed by atoms with Crippen molar-refractivity contribution in [3.63, 3.8) is 0 Å². The van der Waals surface area contributed by atoms with Gasteiger partial charge in [-0.1, -0.05) is 41.4 Å². The third-order valence-corrected chi connectivity index (χ3v) is 8.58. The second-order valence-electron chi connectivity index (χ2n) is 11.6. The Hall–Kier alpha value is -3.47. The zero-order valence-corrected chi connectivity index (χ0v) is 26.6. The lowest BCUT2D eigenvalue weighted by molar-refractivity contribution is -0.155. The molecule has 1 aliphatic carbocycles. The molecular formula is C33H35Cl2F2N3O5. The number of hydrogen-bond acceptors (Lipinski definition) is 7. The molecule has 2 atom stereocenters. The van der Waals surface area contributed by atoms with Gasteiger partial charge in [0.15, 0.2) is 11.5 Å². The summed E-state index contributed by atoms with van der Waals surface area (Å²) < 4.78 is 43.1. The van der Waals surface area contributed by atoms with Crippen molar-refractivity contribution in [3.8, 4) is 11.5 Å². The van der Waals surface area contributed by atoms with E-state index in [1.54, 1.807) is 32.3 Å². The fourth-order valence-corrected chi connectivity index (χ4v) is 5.88. The Bertz CT molecular complexity index is 1500. The van der Waals surface area contributed by atoms with Crippen LogP contribution in [0.5, 0.6) is 11.5 Å². The summed E-state index contributed by atoms with van der Waals surface area (Å²) in [5, 5.41) is 0.613. The number of amides is 1. The predicted octanol–water partition coefficient (Wildman–Crippen LogP) is 6.97. The van der Waals surface area contributed by atoms with Crippen LogP contribution in [-0.4, -0.2) is 66.6 Å². The second kappa shape index (κ2) is 14.7. The molecule has 1 saturated heterocycles. The minimum absolute atomic E-state index is 0.101. The number of carbonyl (C=O) groups is 2. The zero-order valence-electron chi connectivity index (χ0n) is 25.1. The van der Waals surface area contributed by atoms with Gasteiger partial charge in [-0.05, 0) is 79.1 Å². The highest BCUT2D eigenvalue weighted by molar-refractivity contribution is 6.35. The molecule has 2 aliphatic rings. The van der Waals surface area contributed by atoms with E-state index in [0.717, 1.165) is 24.8 Å². The number of aromatic nitrogens is 1. The van der Waals surface area contributed by atoms with Gasteiger partial charge in [-0.15, -0.1) is 0 Å². The van der Waals surface area contributed by atoms with Crippen LogP contribution in [-0.2, 0) is 22.5 Å². The molecule has 2 fully saturated rings. The van der Waals surface area contributed by atoms with Crippen LogP contribution in [0.15, 0.2) is 54.9 Å². The molecule has 0 radical (unpaired) electrons. The number of rotatable bonds is 13. The number of halogens is 4. The van der Waals surface area contributed by atoms with Crippen LogP contribution in [0.1, 0.15) is 58.8 Å². The van der Waals surface area contributed by atoms with Crippen LogP contribution in [0.4, 0.5) is 8.78 Å². The van der Waals surface area contributed by atoms with E-state index in [9.17, 15) is 18.4 Å². The summed E-state index contributed by atoms with van der Waals surface area (Å²) >= 11 is 12.9. The topological polar surface area (TPSA) is 81.2 Å². The number of likely N-dealkylation sites (tertiary alicyclic amines) is 1. The van der Waals surface area contributed by atoms with Gasteiger partial charge in [0.1, 0.15) is 12.1 Å². The fourth-order valence-electron chi connectivity index (χ4n) is 5.37. The number of ether oxygens (including phenoxy) is 3. The quantitative estimate of drug-likeness (QED) is 0.183. The highest BCUT2D eigenvalue weighted by Crippen LogP contribution is 2.38. The van der Waals surface area contributed by atoms with Crippen LogP contribution in [0.2, 0.25) is 10.0 Å². The van der Waals surface area contributed by atoms with E-state index in [1.807, 2.05) is 23.1 Å². The van der Waals surface area contributed by atoms with E-state index in [-0.39, 0.29) is 23.8 Å². The molecule has 2 heterocycles. The Morgan fingerprint density at radius 1 is 1.04 bits per heavy atom. The van der Waals surface area contributed by atoms with Crippen LogP contribution in [0, 0.1) is 5.92 Å². The van der Waals surface area contributed by atoms with Gasteiger partial charge >= 0.3 is 12.6 Å². The van der Waals surface area contributed by atoms with Crippen LogP contribution in [0.3, 0.4) is 0 Å². The molecule has 0 N–H and O–H groups in total. The predicted molar refractivity (Wildman–Crippen MR) is 166 cm³/mol. The Balaban J connectivity index is 1.40. The maximum absolute atomic E-state index is 13.8. The van der Waals surface area contributed by atoms with E-state index >= 15 is 0 Å². The minimum Gasteiger partial charge on any atom is -0.489 e. The maximum atomic E-state index is 13.8. The molecule has 2 unspecified atom stereocenters. The first-order chi connectivity index (χ1) is 21.6. The van der Waals surface area contributed by atoms with Crippen LogP contribution < -0.4 is 9.47 Å². The average molecular weight is 663 g/mol. The van der Waals surface area contributed by atoms with Gasteiger partial charge in [-0.25, -0.2) is 0 Å². The van der Waals surface area contributed by atoms with Gasteiger partial charge in [0.05, 0.1) is 16.7 Å². The third-order valence-electron chi connectivity index (χ3n) is 7.93. The Kier molecular flexibility index (Phi) is 10.8. The van der Waals surface area contributed by atoms with Gasteiger partial charge in [0.2, 0.25) is 0 Å². The Morgan fingerprint density at radius 2 is 1.80 bits per heavy atom. The van der Waals surface area contributed by atoms with Crippen molar-refractivity contribution in [1.29, 1.82) is 0 Å². The van der Waals surface area contributed by atoms with E-state index < -0.39 is 24.7 Å². The standard InChI is InChI=1S/C33H35Cl2F2N3O5/c1-39(2)31(41)23-6-3-5-21(13-23)18-40-12-4-7-27(40)32(42)44-29(15-24-25(34)16-38-17-26(24)35)22-10-11-28(45-33(36)37)30(14-22)43-19-20-8-9-20/h3,5-6,10-11,13-14,16-17,20,27,29,33H,4,7-9,12,15,18-19H2,1-2H3. The number of pyridine rings is 1. The van der Waals surface area contributed by atoms with Gasteiger partial charge < -0.3 is 19.1 Å². The summed E-state index contributed by atoms with van der Waals surface area (Å²) in [6.07, 6.45) is 5.57. The minimum atomic E-state index is -3.03. The lowest BCUT2D eigenvalue weighted by Crippen LogP contribution is -2.37. The van der Waals surface area contributed by atoms with E-state index in [2.05, 4.69) is 4.98 Å². The summed E-state index contributed by atoms with van der Waals surface area (Å²) in [7, 11) is 3.40. The Morgan fingerprint density at radius 3 is 2.49 bits per heavy atom. The first kappa shape index (κ1) is 32.9. The van der Waals surface area contributed by atoms with Crippen molar-refractivity contribution in [3.05, 3.63) is 87.2 Å². The maximum Gasteiger partial charge on any atom is 0.387 e. The lowest BCUT2D eigenvalue weighted by atomic mass is 10.0. The van der Waals surface area contributed by atoms with Crippen molar-refractivity contribution < 1.29 is 32.6 Å². The smallest absolute Gasteiger partial charge is 0.387 e. The normalized spacial score (nSPS) is 17.3. The molecule has 0 spiro atoms. The highest BCUT2D eigenvalue weighted by atomic mass is 35.5. The SMILES string of the molecule is CN(C)C(=O)c1cccc(CN2CCCC2C(=O)OC(Cc2c(Cl)cncc2Cl)c2ccc(OC(F)F)c(OCC3CC3)c2)c1. The molecule has 1 aliphatic heterocycles. The van der Waals surface area contributed by atoms with Gasteiger partial charge in [-0.2, -0.15) is 8.78 Å². The number of hydrogen-bond donors (Lipinski definition) is 0. The summed E-state index contributed by atoms with van der Waals surface area (Å²) in [4.78, 5) is 33.9. The first-order valence-corrected chi connectivity index (χ1v) is 15.6. The number of carbonyl (C=O) groups excluding carboxylic acids is 2. The van der Waals surface area contributed by atoms with Crippen molar-refractivity contribution in [1.82, 2.24) is 14.8 Å². The summed E-state index contributed by atoms with van der Waals surface area (Å²) in [5.74, 6) is -0.131. The van der Waals surface area contributed by atoms with Crippen LogP contribution >= 0.6 is 23.2 Å². The molecule has 8 nitrogen and oxygen atoms in total. The lowest BCUT2D eigenvalue weighted by Gasteiger charge is -2.27. The molecular weight excluding hydrogens is 627 g/mol. The van der Waals surface area contributed by atoms with E-state index in [4.69, 9.17) is 37.4 Å². The molecule has 12 heteroatoms. The van der Waals surface area contributed by atoms with Crippen LogP contribution in [0.25, 0.3) is 0 Å². The van der Waals surface area contributed by atoms with E-state index in [0.29, 0.717) is 58.8 Å². The van der Waals surface area contributed by atoms with Gasteiger partial charge in [0.25, 0.3) is 5.91 Å². The van der Waals surface area contributed by atoms with Crippen molar-refractivity contribution in [2.75, 3.05) is 27.2 Å². The van der Waals surface area contributed by atoms with Gasteiger partial charge in [0, 0.05) is 45.0 Å². The average Bonchev–Trinajstić information content (AvgIpc) is 3.73. The molecule has 1 saturated carbocycles.